The predicted molar refractivity (Wildman–Crippen MR) is 106 cm³/mol. The van der Waals surface area contributed by atoms with Crippen LogP contribution < -0.4 is 0 Å². The van der Waals surface area contributed by atoms with Crippen LogP contribution in [0.5, 0.6) is 0 Å². The molecule has 0 bridgehead atoms. The smallest absolute Gasteiger partial charge is 0.155 e. The lowest BCUT2D eigenvalue weighted by atomic mass is 9.44. The number of ketones is 1. The largest absolute Gasteiger partial charge is 0.389 e. The number of hydrogen-bond donors (Lipinski definition) is 1. The van der Waals surface area contributed by atoms with E-state index in [1.807, 2.05) is 6.08 Å². The molecule has 0 aromatic rings. The summed E-state index contributed by atoms with van der Waals surface area (Å²) in [6.45, 7) is 7.88. The van der Waals surface area contributed by atoms with Crippen LogP contribution in [0.4, 0.5) is 0 Å². The van der Waals surface area contributed by atoms with Gasteiger partial charge in [0.15, 0.2) is 5.78 Å². The first-order valence-corrected chi connectivity index (χ1v) is 11.0. The Morgan fingerprint density at radius 2 is 1.96 bits per heavy atom. The van der Waals surface area contributed by atoms with Gasteiger partial charge in [-0.2, -0.15) is 0 Å². The molecule has 4 aliphatic carbocycles. The average Bonchev–Trinajstić information content (AvgIpc) is 2.94. The zero-order valence-electron chi connectivity index (χ0n) is 16.6. The maximum Gasteiger partial charge on any atom is 0.155 e. The lowest BCUT2D eigenvalue weighted by molar-refractivity contribution is -0.194. The van der Waals surface area contributed by atoms with Gasteiger partial charge in [0.05, 0.1) is 12.2 Å². The molecular weight excluding hydrogens is 343 g/mol. The van der Waals surface area contributed by atoms with Gasteiger partial charge >= 0.3 is 0 Å². The second kappa shape index (κ2) is 6.39. The topological polar surface area (TPSA) is 46.5 Å². The highest BCUT2D eigenvalue weighted by atomic mass is 31.0. The summed E-state index contributed by atoms with van der Waals surface area (Å²) < 4.78 is 5.39. The second-order valence-electron chi connectivity index (χ2n) is 10.1. The summed E-state index contributed by atoms with van der Waals surface area (Å²) in [6, 6.07) is 0. The molecule has 0 saturated heterocycles. The summed E-state index contributed by atoms with van der Waals surface area (Å²) in [6.07, 6.45) is 9.84. The van der Waals surface area contributed by atoms with Gasteiger partial charge in [-0.3, -0.25) is 4.79 Å². The van der Waals surface area contributed by atoms with Gasteiger partial charge in [-0.25, -0.2) is 0 Å². The van der Waals surface area contributed by atoms with Crippen molar-refractivity contribution in [2.24, 2.45) is 34.5 Å². The average molecular weight is 378 g/mol. The highest BCUT2D eigenvalue weighted by Crippen LogP contribution is 2.68. The minimum Gasteiger partial charge on any atom is -0.389 e. The summed E-state index contributed by atoms with van der Waals surface area (Å²) in [5.74, 6) is 2.50. The lowest BCUT2D eigenvalue weighted by Crippen LogP contribution is -2.63. The van der Waals surface area contributed by atoms with Crippen molar-refractivity contribution in [3.8, 4) is 0 Å². The van der Waals surface area contributed by atoms with Crippen LogP contribution in [-0.4, -0.2) is 23.1 Å². The molecule has 4 rings (SSSR count). The Morgan fingerprint density at radius 3 is 2.69 bits per heavy atom. The molecule has 0 amide bonds. The standard InChI is InChI=1S/C22H35O3P/c1-14(13-25-26)17-6-7-18-19-5-4-15-12-16(23)8-9-21(15,3)22(19,24)11-10-20(17,18)2/h12,14,17-19,24H,4-11,13,26H2,1-3H3/t14-,17-,18?,19?,20-,21+,22-/m1/s1. The Hall–Kier alpha value is -0.240. The normalized spacial score (nSPS) is 49.0. The molecule has 0 aliphatic heterocycles. The van der Waals surface area contributed by atoms with Crippen LogP contribution in [0.2, 0.25) is 0 Å². The van der Waals surface area contributed by atoms with Crippen molar-refractivity contribution in [2.45, 2.75) is 77.7 Å². The molecule has 26 heavy (non-hydrogen) atoms. The van der Waals surface area contributed by atoms with E-state index in [1.165, 1.54) is 18.4 Å². The molecule has 0 heterocycles. The third-order valence-electron chi connectivity index (χ3n) is 9.27. The number of rotatable bonds is 3. The summed E-state index contributed by atoms with van der Waals surface area (Å²) in [7, 11) is 2.40. The zero-order chi connectivity index (χ0) is 18.7. The Bertz CT molecular complexity index is 631. The van der Waals surface area contributed by atoms with Gasteiger partial charge in [0.25, 0.3) is 0 Å². The van der Waals surface area contributed by atoms with E-state index in [9.17, 15) is 9.90 Å². The number of carbonyl (C=O) groups excluding carboxylic acids is 1. The van der Waals surface area contributed by atoms with E-state index in [0.29, 0.717) is 35.5 Å². The molecule has 3 fully saturated rings. The fourth-order valence-electron chi connectivity index (χ4n) is 7.74. The number of hydrogen-bond acceptors (Lipinski definition) is 3. The molecule has 4 aliphatic rings. The zero-order valence-corrected chi connectivity index (χ0v) is 17.7. The summed E-state index contributed by atoms with van der Waals surface area (Å²) in [4.78, 5) is 12.0. The molecule has 8 atom stereocenters. The third kappa shape index (κ3) is 2.46. The lowest BCUT2D eigenvalue weighted by Gasteiger charge is -2.63. The van der Waals surface area contributed by atoms with Gasteiger partial charge < -0.3 is 9.63 Å². The van der Waals surface area contributed by atoms with Crippen LogP contribution in [-0.2, 0) is 9.32 Å². The van der Waals surface area contributed by atoms with Gasteiger partial charge in [0, 0.05) is 21.3 Å². The molecule has 0 radical (unpaired) electrons. The van der Waals surface area contributed by atoms with E-state index >= 15 is 0 Å². The SMILES string of the molecule is C[C@H](COP)[C@H]1CCC2C3CCC4=CC(=O)CC[C@]4(C)[C@@]3(O)CC[C@@]21C. The van der Waals surface area contributed by atoms with Crippen LogP contribution in [0.15, 0.2) is 11.6 Å². The van der Waals surface area contributed by atoms with Crippen LogP contribution in [0.25, 0.3) is 0 Å². The fraction of sp³-hybridized carbons (Fsp3) is 0.864. The molecule has 3 saturated carbocycles. The molecule has 146 valence electrons. The van der Waals surface area contributed by atoms with Gasteiger partial charge in [-0.15, -0.1) is 0 Å². The van der Waals surface area contributed by atoms with Crippen LogP contribution >= 0.6 is 9.47 Å². The number of carbonyl (C=O) groups is 1. The van der Waals surface area contributed by atoms with E-state index < -0.39 is 5.60 Å². The van der Waals surface area contributed by atoms with Crippen LogP contribution in [0.1, 0.15) is 72.1 Å². The molecule has 3 unspecified atom stereocenters. The second-order valence-corrected chi connectivity index (χ2v) is 10.5. The molecule has 0 aromatic carbocycles. The fourth-order valence-corrected chi connectivity index (χ4v) is 8.05. The Kier molecular flexibility index (Phi) is 4.69. The third-order valence-corrected chi connectivity index (χ3v) is 9.46. The van der Waals surface area contributed by atoms with E-state index in [2.05, 4.69) is 30.2 Å². The van der Waals surface area contributed by atoms with Crippen molar-refractivity contribution >= 4 is 15.2 Å². The molecule has 3 nitrogen and oxygen atoms in total. The molecule has 0 spiro atoms. The first-order valence-electron chi connectivity index (χ1n) is 10.5. The number of fused-ring (bicyclic) bond motifs is 5. The van der Waals surface area contributed by atoms with Gasteiger partial charge in [-0.05, 0) is 80.1 Å². The monoisotopic (exact) mass is 378 g/mol. The van der Waals surface area contributed by atoms with E-state index in [1.54, 1.807) is 0 Å². The Labute approximate surface area is 160 Å². The molecule has 1 N–H and O–H groups in total. The summed E-state index contributed by atoms with van der Waals surface area (Å²) in [5.41, 5.74) is 0.729. The first-order chi connectivity index (χ1) is 12.3. The van der Waals surface area contributed by atoms with Crippen LogP contribution in [0, 0.1) is 34.5 Å². The molecule has 0 aromatic heterocycles. The van der Waals surface area contributed by atoms with Crippen molar-refractivity contribution in [2.75, 3.05) is 6.61 Å². The first kappa shape index (κ1) is 19.1. The number of aliphatic hydroxyl groups is 1. The van der Waals surface area contributed by atoms with E-state index in [4.69, 9.17) is 4.52 Å². The van der Waals surface area contributed by atoms with E-state index in [-0.39, 0.29) is 11.2 Å². The summed E-state index contributed by atoms with van der Waals surface area (Å²) >= 11 is 0. The highest BCUT2D eigenvalue weighted by Gasteiger charge is 2.65. The minimum absolute atomic E-state index is 0.196. The van der Waals surface area contributed by atoms with Crippen molar-refractivity contribution in [3.63, 3.8) is 0 Å². The van der Waals surface area contributed by atoms with Gasteiger partial charge in [0.2, 0.25) is 0 Å². The van der Waals surface area contributed by atoms with Crippen molar-refractivity contribution in [3.05, 3.63) is 11.6 Å². The maximum absolute atomic E-state index is 12.0. The van der Waals surface area contributed by atoms with Crippen LogP contribution in [0.3, 0.4) is 0 Å². The summed E-state index contributed by atoms with van der Waals surface area (Å²) in [5, 5.41) is 12.0. The Morgan fingerprint density at radius 1 is 1.19 bits per heavy atom. The van der Waals surface area contributed by atoms with Crippen molar-refractivity contribution in [1.82, 2.24) is 0 Å². The minimum atomic E-state index is -0.628. The van der Waals surface area contributed by atoms with Crippen molar-refractivity contribution < 1.29 is 14.4 Å². The molecular formula is C22H35O3P. The van der Waals surface area contributed by atoms with Gasteiger partial charge in [-0.1, -0.05) is 26.3 Å². The van der Waals surface area contributed by atoms with E-state index in [0.717, 1.165) is 38.7 Å². The maximum atomic E-state index is 12.0. The molecule has 4 heteroatoms. The van der Waals surface area contributed by atoms with Crippen molar-refractivity contribution in [1.29, 1.82) is 0 Å². The predicted octanol–water partition coefficient (Wildman–Crippen LogP) is 4.69. The quantitative estimate of drug-likeness (QED) is 0.725. The highest BCUT2D eigenvalue weighted by molar-refractivity contribution is 7.09. The Balaban J connectivity index is 1.66. The van der Waals surface area contributed by atoms with Gasteiger partial charge in [0.1, 0.15) is 0 Å².